The van der Waals surface area contributed by atoms with Crippen molar-refractivity contribution < 1.29 is 0 Å². The molecule has 22 heavy (non-hydrogen) atoms. The number of nitrogens with zero attached hydrogens (tertiary/aromatic N) is 1. The van der Waals surface area contributed by atoms with Crippen molar-refractivity contribution in [3.8, 4) is 11.1 Å². The fourth-order valence-electron chi connectivity index (χ4n) is 3.81. The van der Waals surface area contributed by atoms with E-state index >= 15 is 0 Å². The molecule has 112 valence electrons. The van der Waals surface area contributed by atoms with E-state index in [2.05, 4.69) is 65.3 Å². The van der Waals surface area contributed by atoms with Crippen LogP contribution in [0.4, 0.5) is 0 Å². The van der Waals surface area contributed by atoms with Crippen molar-refractivity contribution in [3.63, 3.8) is 0 Å². The molecule has 0 spiro atoms. The van der Waals surface area contributed by atoms with Crippen LogP contribution in [0.15, 0.2) is 55.1 Å². The van der Waals surface area contributed by atoms with Gasteiger partial charge in [-0.2, -0.15) is 0 Å². The Morgan fingerprint density at radius 1 is 1.00 bits per heavy atom. The zero-order valence-corrected chi connectivity index (χ0v) is 12.9. The molecule has 1 N–H and O–H groups in total. The molecule has 2 heteroatoms. The molecule has 1 saturated heterocycles. The van der Waals surface area contributed by atoms with Crippen LogP contribution in [0.25, 0.3) is 11.1 Å². The van der Waals surface area contributed by atoms with E-state index < -0.39 is 0 Å². The minimum atomic E-state index is 0.330. The minimum Gasteiger partial charge on any atom is -0.314 e. The highest BCUT2D eigenvalue weighted by Crippen LogP contribution is 2.38. The lowest BCUT2D eigenvalue weighted by Gasteiger charge is -2.33. The maximum atomic E-state index is 4.08. The average molecular weight is 290 g/mol. The monoisotopic (exact) mass is 290 g/mol. The second-order valence-electron chi connectivity index (χ2n) is 6.22. The molecular formula is C20H22N2. The van der Waals surface area contributed by atoms with Crippen LogP contribution in [0.5, 0.6) is 0 Å². The van der Waals surface area contributed by atoms with Crippen LogP contribution in [-0.2, 0) is 6.42 Å². The first kappa shape index (κ1) is 13.7. The van der Waals surface area contributed by atoms with Crippen molar-refractivity contribution in [2.45, 2.75) is 12.5 Å². The average Bonchev–Trinajstić information content (AvgIpc) is 2.94. The molecule has 2 nitrogen and oxygen atoms in total. The van der Waals surface area contributed by atoms with Gasteiger partial charge in [0.05, 0.1) is 6.04 Å². The SMILES string of the molecule is C=C[C@@H](c1ccc2c(c1)Cc1ccccc1-2)N1CCNCC1. The van der Waals surface area contributed by atoms with Crippen molar-refractivity contribution in [2.75, 3.05) is 26.2 Å². The van der Waals surface area contributed by atoms with Crippen LogP contribution in [0.1, 0.15) is 22.7 Å². The molecule has 2 aromatic rings. The van der Waals surface area contributed by atoms with E-state index in [0.29, 0.717) is 6.04 Å². The van der Waals surface area contributed by atoms with Crippen molar-refractivity contribution in [1.82, 2.24) is 10.2 Å². The van der Waals surface area contributed by atoms with E-state index in [-0.39, 0.29) is 0 Å². The number of rotatable bonds is 3. The third-order valence-corrected chi connectivity index (χ3v) is 4.93. The Balaban J connectivity index is 1.67. The van der Waals surface area contributed by atoms with Gasteiger partial charge >= 0.3 is 0 Å². The second kappa shape index (κ2) is 5.71. The van der Waals surface area contributed by atoms with Crippen molar-refractivity contribution in [2.24, 2.45) is 0 Å². The predicted octanol–water partition coefficient (Wildman–Crippen LogP) is 3.39. The number of nitrogens with one attached hydrogen (secondary N) is 1. The fraction of sp³-hybridized carbons (Fsp3) is 0.300. The molecule has 1 atom stereocenters. The number of piperazine rings is 1. The van der Waals surface area contributed by atoms with Gasteiger partial charge in [-0.1, -0.05) is 48.5 Å². The van der Waals surface area contributed by atoms with Crippen LogP contribution in [0.3, 0.4) is 0 Å². The van der Waals surface area contributed by atoms with Gasteiger partial charge < -0.3 is 5.32 Å². The maximum absolute atomic E-state index is 4.08. The van der Waals surface area contributed by atoms with Gasteiger partial charge in [0.15, 0.2) is 0 Å². The third kappa shape index (κ3) is 2.29. The van der Waals surface area contributed by atoms with Gasteiger partial charge in [0, 0.05) is 26.2 Å². The van der Waals surface area contributed by atoms with Crippen LogP contribution < -0.4 is 5.32 Å². The third-order valence-electron chi connectivity index (χ3n) is 4.93. The van der Waals surface area contributed by atoms with Crippen LogP contribution in [0.2, 0.25) is 0 Å². The highest BCUT2D eigenvalue weighted by molar-refractivity contribution is 5.77. The van der Waals surface area contributed by atoms with E-state index in [0.717, 1.165) is 32.6 Å². The van der Waals surface area contributed by atoms with Crippen LogP contribution in [-0.4, -0.2) is 31.1 Å². The van der Waals surface area contributed by atoms with E-state index in [9.17, 15) is 0 Å². The number of hydrogen-bond donors (Lipinski definition) is 1. The highest BCUT2D eigenvalue weighted by atomic mass is 15.2. The normalized spacial score (nSPS) is 18.5. The first-order valence-electron chi connectivity index (χ1n) is 8.15. The van der Waals surface area contributed by atoms with Gasteiger partial charge in [0.1, 0.15) is 0 Å². The first-order valence-corrected chi connectivity index (χ1v) is 8.15. The quantitative estimate of drug-likeness (QED) is 0.744. The molecule has 0 radical (unpaired) electrons. The zero-order chi connectivity index (χ0) is 14.9. The Bertz CT molecular complexity index is 699. The Kier molecular flexibility index (Phi) is 3.57. The van der Waals surface area contributed by atoms with Crippen molar-refractivity contribution in [3.05, 3.63) is 71.8 Å². The van der Waals surface area contributed by atoms with E-state index in [1.165, 1.54) is 27.8 Å². The first-order chi connectivity index (χ1) is 10.9. The van der Waals surface area contributed by atoms with Gasteiger partial charge in [-0.05, 0) is 34.2 Å². The van der Waals surface area contributed by atoms with Gasteiger partial charge in [-0.25, -0.2) is 0 Å². The summed E-state index contributed by atoms with van der Waals surface area (Å²) < 4.78 is 0. The largest absolute Gasteiger partial charge is 0.314 e. The summed E-state index contributed by atoms with van der Waals surface area (Å²) in [7, 11) is 0. The molecule has 2 aromatic carbocycles. The molecular weight excluding hydrogens is 268 g/mol. The molecule has 4 rings (SSSR count). The highest BCUT2D eigenvalue weighted by Gasteiger charge is 2.23. The summed E-state index contributed by atoms with van der Waals surface area (Å²) in [6, 6.07) is 16.1. The van der Waals surface area contributed by atoms with Gasteiger partial charge in [0.2, 0.25) is 0 Å². The summed E-state index contributed by atoms with van der Waals surface area (Å²) in [5, 5.41) is 3.42. The Morgan fingerprint density at radius 3 is 2.59 bits per heavy atom. The molecule has 0 saturated carbocycles. The zero-order valence-electron chi connectivity index (χ0n) is 12.9. The van der Waals surface area contributed by atoms with Crippen molar-refractivity contribution in [1.29, 1.82) is 0 Å². The van der Waals surface area contributed by atoms with Gasteiger partial charge in [0.25, 0.3) is 0 Å². The standard InChI is InChI=1S/C20H22N2/c1-2-20(22-11-9-21-10-12-22)16-7-8-19-17(14-16)13-15-5-3-4-6-18(15)19/h2-8,14,20-21H,1,9-13H2/t20-/m0/s1. The lowest BCUT2D eigenvalue weighted by Crippen LogP contribution is -2.44. The number of hydrogen-bond acceptors (Lipinski definition) is 2. The van der Waals surface area contributed by atoms with Crippen LogP contribution >= 0.6 is 0 Å². The van der Waals surface area contributed by atoms with Gasteiger partial charge in [-0.3, -0.25) is 4.90 Å². The fourth-order valence-corrected chi connectivity index (χ4v) is 3.81. The Morgan fingerprint density at radius 2 is 1.77 bits per heavy atom. The number of fused-ring (bicyclic) bond motifs is 3. The summed E-state index contributed by atoms with van der Waals surface area (Å²) >= 11 is 0. The molecule has 1 aliphatic heterocycles. The lowest BCUT2D eigenvalue weighted by molar-refractivity contribution is 0.203. The van der Waals surface area contributed by atoms with Crippen LogP contribution in [0, 0.1) is 0 Å². The summed E-state index contributed by atoms with van der Waals surface area (Å²) in [5.41, 5.74) is 7.10. The Labute approximate surface area is 132 Å². The molecule has 0 bridgehead atoms. The molecule has 0 aromatic heterocycles. The van der Waals surface area contributed by atoms with Crippen molar-refractivity contribution >= 4 is 0 Å². The second-order valence-corrected chi connectivity index (χ2v) is 6.22. The molecule has 1 aliphatic carbocycles. The topological polar surface area (TPSA) is 15.3 Å². The van der Waals surface area contributed by atoms with E-state index in [4.69, 9.17) is 0 Å². The van der Waals surface area contributed by atoms with Gasteiger partial charge in [-0.15, -0.1) is 6.58 Å². The maximum Gasteiger partial charge on any atom is 0.0530 e. The summed E-state index contributed by atoms with van der Waals surface area (Å²) in [5.74, 6) is 0. The smallest absolute Gasteiger partial charge is 0.0530 e. The molecule has 2 aliphatic rings. The summed E-state index contributed by atoms with van der Waals surface area (Å²) in [6.45, 7) is 8.41. The summed E-state index contributed by atoms with van der Waals surface area (Å²) in [4.78, 5) is 2.52. The molecule has 1 fully saturated rings. The molecule has 0 unspecified atom stereocenters. The lowest BCUT2D eigenvalue weighted by atomic mass is 9.98. The molecule has 0 amide bonds. The predicted molar refractivity (Wildman–Crippen MR) is 92.1 cm³/mol. The minimum absolute atomic E-state index is 0.330. The Hall–Kier alpha value is -1.90. The molecule has 1 heterocycles. The van der Waals surface area contributed by atoms with E-state index in [1.54, 1.807) is 0 Å². The van der Waals surface area contributed by atoms with E-state index in [1.807, 2.05) is 0 Å². The summed E-state index contributed by atoms with van der Waals surface area (Å²) in [6.07, 6.45) is 3.15. The number of benzene rings is 2.